The number of likely N-dealkylation sites (tertiary alicyclic amines) is 2. The van der Waals surface area contributed by atoms with E-state index in [2.05, 4.69) is 20.6 Å². The quantitative estimate of drug-likeness (QED) is 0.121. The van der Waals surface area contributed by atoms with E-state index in [1.54, 1.807) is 27.7 Å². The molecule has 0 saturated carbocycles. The summed E-state index contributed by atoms with van der Waals surface area (Å²) in [6, 6.07) is 2.42. The number of ether oxygens (including phenoxy) is 1. The van der Waals surface area contributed by atoms with E-state index >= 15 is 17.6 Å². The lowest BCUT2D eigenvalue weighted by atomic mass is 9.99. The molecular weight excluding hydrogens is 776 g/mol. The molecule has 0 bridgehead atoms. The number of hydrogen-bond donors (Lipinski definition) is 4. The summed E-state index contributed by atoms with van der Waals surface area (Å²) in [5.74, 6) is -9.63. The number of imidazole rings is 1. The number of amides is 4. The maximum atomic E-state index is 15.3. The van der Waals surface area contributed by atoms with E-state index < -0.39 is 103 Å². The molecule has 0 spiro atoms. The van der Waals surface area contributed by atoms with Gasteiger partial charge in [-0.25, -0.2) is 40.9 Å². The Labute approximate surface area is 329 Å². The van der Waals surface area contributed by atoms with Crippen molar-refractivity contribution >= 4 is 45.9 Å². The molecular formula is C39H45F6N7O6. The molecule has 2 aromatic heterocycles. The van der Waals surface area contributed by atoms with Crippen molar-refractivity contribution in [2.75, 3.05) is 13.1 Å². The molecule has 4 atom stereocenters. The second-order valence-corrected chi connectivity index (χ2v) is 15.9. The summed E-state index contributed by atoms with van der Waals surface area (Å²) in [6.45, 7) is 5.71. The van der Waals surface area contributed by atoms with E-state index in [1.807, 2.05) is 0 Å². The number of H-pyrrole nitrogens is 1. The van der Waals surface area contributed by atoms with Gasteiger partial charge in [-0.15, -0.1) is 0 Å². The van der Waals surface area contributed by atoms with E-state index in [0.717, 1.165) is 34.1 Å². The number of nitrogens with zero attached hydrogens (tertiary/aromatic N) is 4. The summed E-state index contributed by atoms with van der Waals surface area (Å²) in [5.41, 5.74) is 0.0984. The molecule has 2 unspecified atom stereocenters. The molecule has 4 N–H and O–H groups in total. The third-order valence-corrected chi connectivity index (χ3v) is 10.4. The van der Waals surface area contributed by atoms with Gasteiger partial charge in [0.2, 0.25) is 11.8 Å². The Kier molecular flexibility index (Phi) is 11.4. The van der Waals surface area contributed by atoms with Crippen LogP contribution in [0.1, 0.15) is 65.9 Å². The number of halogens is 6. The van der Waals surface area contributed by atoms with Crippen molar-refractivity contribution in [2.45, 2.75) is 115 Å². The van der Waals surface area contributed by atoms with Gasteiger partial charge in [-0.2, -0.15) is 0 Å². The molecule has 4 amide bonds. The molecule has 4 aromatic rings. The van der Waals surface area contributed by atoms with Gasteiger partial charge >= 0.3 is 12.2 Å². The van der Waals surface area contributed by atoms with Gasteiger partial charge in [-0.05, 0) is 75.9 Å². The summed E-state index contributed by atoms with van der Waals surface area (Å²) in [7, 11) is 0. The molecule has 4 heterocycles. The zero-order valence-corrected chi connectivity index (χ0v) is 32.5. The molecule has 6 rings (SSSR count). The van der Waals surface area contributed by atoms with Crippen LogP contribution in [-0.2, 0) is 27.3 Å². The normalized spacial score (nSPS) is 20.1. The van der Waals surface area contributed by atoms with Gasteiger partial charge in [0.25, 0.3) is 11.8 Å². The number of rotatable bonds is 11. The fourth-order valence-electron chi connectivity index (χ4n) is 7.89. The summed E-state index contributed by atoms with van der Waals surface area (Å²) < 4.78 is 97.0. The Morgan fingerprint density at radius 3 is 2.07 bits per heavy atom. The van der Waals surface area contributed by atoms with Crippen molar-refractivity contribution in [3.05, 3.63) is 53.6 Å². The number of fused-ring (bicyclic) bond motifs is 2. The Balaban J connectivity index is 1.43. The SMILES string of the molecule is CCC(NC(=O)O)C(=O)N1CC(F)(F)C[C@H]1Cn1c(-c2[nH]c3cc(F)ccc3c2C[C@@H]2CC(F)(F)CN2C(=O)C(CC)NC(=O)OC(C)(C)C)nc2cc(F)ccc21. The van der Waals surface area contributed by atoms with Crippen molar-refractivity contribution < 1.29 is 55.4 Å². The molecule has 19 heteroatoms. The molecule has 2 saturated heterocycles. The highest BCUT2D eigenvalue weighted by atomic mass is 19.3. The number of carboxylic acid groups (broad SMARTS) is 1. The largest absolute Gasteiger partial charge is 0.465 e. The molecule has 0 aliphatic carbocycles. The predicted molar refractivity (Wildman–Crippen MR) is 199 cm³/mol. The molecule has 2 fully saturated rings. The van der Waals surface area contributed by atoms with E-state index in [1.165, 1.54) is 23.6 Å². The first-order valence-corrected chi connectivity index (χ1v) is 18.9. The van der Waals surface area contributed by atoms with Gasteiger partial charge in [-0.1, -0.05) is 13.8 Å². The van der Waals surface area contributed by atoms with Gasteiger partial charge < -0.3 is 39.8 Å². The highest BCUT2D eigenvalue weighted by molar-refractivity contribution is 5.92. The second-order valence-electron chi connectivity index (χ2n) is 15.9. The third kappa shape index (κ3) is 8.97. The van der Waals surface area contributed by atoms with E-state index in [0.29, 0.717) is 10.9 Å². The fourth-order valence-corrected chi connectivity index (χ4v) is 7.89. The van der Waals surface area contributed by atoms with Crippen LogP contribution in [-0.4, -0.2) is 108 Å². The van der Waals surface area contributed by atoms with Crippen molar-refractivity contribution in [2.24, 2.45) is 0 Å². The maximum absolute atomic E-state index is 15.3. The van der Waals surface area contributed by atoms with Crippen molar-refractivity contribution in [1.82, 2.24) is 35.0 Å². The lowest BCUT2D eigenvalue weighted by Gasteiger charge is -2.29. The first-order chi connectivity index (χ1) is 27.1. The van der Waals surface area contributed by atoms with Crippen molar-refractivity contribution in [3.63, 3.8) is 0 Å². The number of carbonyl (C=O) groups is 4. The van der Waals surface area contributed by atoms with E-state index in [4.69, 9.17) is 4.74 Å². The molecule has 13 nitrogen and oxygen atoms in total. The molecule has 58 heavy (non-hydrogen) atoms. The Morgan fingerprint density at radius 2 is 1.47 bits per heavy atom. The molecule has 2 aromatic carbocycles. The summed E-state index contributed by atoms with van der Waals surface area (Å²) in [5, 5.41) is 14.2. The lowest BCUT2D eigenvalue weighted by Crippen LogP contribution is -2.51. The van der Waals surface area contributed by atoms with Gasteiger partial charge in [0.1, 0.15) is 29.3 Å². The molecule has 2 aliphatic rings. The fraction of sp³-hybridized carbons (Fsp3) is 0.513. The average Bonchev–Trinajstić information content (AvgIpc) is 3.83. The number of carbonyl (C=O) groups excluding carboxylic acids is 3. The lowest BCUT2D eigenvalue weighted by molar-refractivity contribution is -0.136. The zero-order valence-electron chi connectivity index (χ0n) is 32.5. The minimum Gasteiger partial charge on any atom is -0.465 e. The Morgan fingerprint density at radius 1 is 0.897 bits per heavy atom. The highest BCUT2D eigenvalue weighted by Gasteiger charge is 2.50. The first-order valence-electron chi connectivity index (χ1n) is 18.9. The summed E-state index contributed by atoms with van der Waals surface area (Å²) >= 11 is 0. The molecule has 314 valence electrons. The number of benzene rings is 2. The Bertz CT molecular complexity index is 2240. The number of aromatic nitrogens is 3. The molecule has 0 radical (unpaired) electrons. The second kappa shape index (κ2) is 15.7. The monoisotopic (exact) mass is 821 g/mol. The van der Waals surface area contributed by atoms with Gasteiger partial charge in [0.05, 0.1) is 35.9 Å². The average molecular weight is 822 g/mol. The minimum atomic E-state index is -3.35. The highest BCUT2D eigenvalue weighted by Crippen LogP contribution is 2.40. The number of aromatic amines is 1. The van der Waals surface area contributed by atoms with Crippen LogP contribution in [0.4, 0.5) is 35.9 Å². The van der Waals surface area contributed by atoms with Crippen LogP contribution in [0.3, 0.4) is 0 Å². The van der Waals surface area contributed by atoms with Gasteiger partial charge in [-0.3, -0.25) is 9.59 Å². The van der Waals surface area contributed by atoms with Gasteiger partial charge in [0.15, 0.2) is 5.82 Å². The van der Waals surface area contributed by atoms with Crippen LogP contribution in [0.2, 0.25) is 0 Å². The Hall–Kier alpha value is -5.49. The first kappa shape index (κ1) is 42.1. The number of hydrogen-bond acceptors (Lipinski definition) is 6. The predicted octanol–water partition coefficient (Wildman–Crippen LogP) is 6.83. The molecule has 2 aliphatic heterocycles. The zero-order chi connectivity index (χ0) is 42.5. The standard InChI is InChI=1S/C39H45F6N7O6/c1-6-26(48-35(55)56)33(53)52-19-39(44,45)16-23(52)17-50-30-11-9-21(41)13-29(30)47-32(50)31-25(24-10-8-20(40)12-28(24)46-31)14-22-15-38(42,43)18-51(22)34(54)27(7-2)49-36(57)58-37(3,4)5/h8-13,22-23,26-27,46,48H,6-7,14-19H2,1-5H3,(H,49,57)(H,55,56)/t22-,23+,26?,27?/m1/s1. The van der Waals surface area contributed by atoms with Crippen LogP contribution in [0.5, 0.6) is 0 Å². The van der Waals surface area contributed by atoms with Crippen LogP contribution in [0.25, 0.3) is 33.5 Å². The van der Waals surface area contributed by atoms with E-state index in [9.17, 15) is 33.1 Å². The van der Waals surface area contributed by atoms with Crippen LogP contribution >= 0.6 is 0 Å². The minimum absolute atomic E-state index is 0.0196. The number of alkyl halides is 4. The van der Waals surface area contributed by atoms with Crippen LogP contribution < -0.4 is 10.6 Å². The number of nitrogens with one attached hydrogen (secondary N) is 3. The van der Waals surface area contributed by atoms with Crippen LogP contribution in [0.15, 0.2) is 36.4 Å². The van der Waals surface area contributed by atoms with Crippen molar-refractivity contribution in [3.8, 4) is 11.5 Å². The van der Waals surface area contributed by atoms with Crippen molar-refractivity contribution in [1.29, 1.82) is 0 Å². The summed E-state index contributed by atoms with van der Waals surface area (Å²) in [6.07, 6.45) is -4.21. The number of alkyl carbamates (subject to hydrolysis) is 1. The third-order valence-electron chi connectivity index (χ3n) is 10.4. The summed E-state index contributed by atoms with van der Waals surface area (Å²) in [4.78, 5) is 61.2. The smallest absolute Gasteiger partial charge is 0.408 e. The van der Waals surface area contributed by atoms with Gasteiger partial charge in [0, 0.05) is 42.4 Å². The van der Waals surface area contributed by atoms with Crippen LogP contribution in [0, 0.1) is 11.6 Å². The maximum Gasteiger partial charge on any atom is 0.408 e. The van der Waals surface area contributed by atoms with E-state index in [-0.39, 0.29) is 53.9 Å². The topological polar surface area (TPSA) is 162 Å².